The minimum absolute atomic E-state index is 0.105. The normalized spacial score (nSPS) is 18.9. The van der Waals surface area contributed by atoms with Gasteiger partial charge in [0.25, 0.3) is 5.91 Å². The number of nitrogens with zero attached hydrogens (tertiary/aromatic N) is 2. The number of benzene rings is 2. The van der Waals surface area contributed by atoms with Gasteiger partial charge in [-0.05, 0) is 49.6 Å². The fraction of sp³-hybridized carbons (Fsp3) is 0.391. The fourth-order valence-electron chi connectivity index (χ4n) is 4.31. The lowest BCUT2D eigenvalue weighted by Gasteiger charge is -2.29. The van der Waals surface area contributed by atoms with Crippen LogP contribution in [0.2, 0.25) is 0 Å². The molecule has 0 radical (unpaired) electrons. The number of aromatic nitrogens is 2. The Morgan fingerprint density at radius 3 is 2.57 bits per heavy atom. The van der Waals surface area contributed by atoms with Crippen LogP contribution < -0.4 is 14.8 Å². The molecular weight excluding hydrogens is 446 g/mol. The highest BCUT2D eigenvalue weighted by atomic mass is 79.9. The van der Waals surface area contributed by atoms with Gasteiger partial charge in [0, 0.05) is 35.1 Å². The zero-order valence-electron chi connectivity index (χ0n) is 17.4. The summed E-state index contributed by atoms with van der Waals surface area (Å²) in [4.78, 5) is 17.8. The number of nitrogens with one attached hydrogen (secondary N) is 1. The molecule has 30 heavy (non-hydrogen) atoms. The summed E-state index contributed by atoms with van der Waals surface area (Å²) in [6, 6.07) is 11.5. The van der Waals surface area contributed by atoms with Crippen LogP contribution in [0.1, 0.15) is 47.8 Å². The molecule has 0 saturated heterocycles. The second-order valence-electron chi connectivity index (χ2n) is 7.80. The molecule has 1 heterocycles. The highest BCUT2D eigenvalue weighted by Gasteiger charge is 2.28. The summed E-state index contributed by atoms with van der Waals surface area (Å²) >= 11 is 3.54. The molecule has 2 aromatic carbocycles. The largest absolute Gasteiger partial charge is 0.497 e. The smallest absolute Gasteiger partial charge is 0.251 e. The minimum Gasteiger partial charge on any atom is -0.497 e. The Balaban J connectivity index is 1.51. The van der Waals surface area contributed by atoms with Crippen molar-refractivity contribution in [2.24, 2.45) is 7.05 Å². The molecule has 6 nitrogen and oxygen atoms in total. The van der Waals surface area contributed by atoms with Gasteiger partial charge >= 0.3 is 0 Å². The number of hydrogen-bond donors (Lipinski definition) is 1. The van der Waals surface area contributed by atoms with Gasteiger partial charge in [-0.25, -0.2) is 4.98 Å². The Morgan fingerprint density at radius 1 is 1.13 bits per heavy atom. The molecular formula is C23H26BrN3O3. The fourth-order valence-corrected chi connectivity index (χ4v) is 4.66. The molecule has 1 aliphatic carbocycles. The first-order valence-corrected chi connectivity index (χ1v) is 10.9. The van der Waals surface area contributed by atoms with Crippen LogP contribution >= 0.6 is 15.9 Å². The van der Waals surface area contributed by atoms with Crippen molar-refractivity contribution in [2.75, 3.05) is 14.2 Å². The average molecular weight is 472 g/mol. The monoisotopic (exact) mass is 471 g/mol. The van der Waals surface area contributed by atoms with E-state index >= 15 is 0 Å². The topological polar surface area (TPSA) is 65.4 Å². The van der Waals surface area contributed by atoms with E-state index in [0.717, 1.165) is 47.0 Å². The second kappa shape index (κ2) is 8.68. The third kappa shape index (κ3) is 4.17. The van der Waals surface area contributed by atoms with Gasteiger partial charge in [0.2, 0.25) is 0 Å². The Labute approximate surface area is 184 Å². The maximum atomic E-state index is 12.9. The molecule has 1 N–H and O–H groups in total. The van der Waals surface area contributed by atoms with E-state index in [1.807, 2.05) is 12.1 Å². The summed E-state index contributed by atoms with van der Waals surface area (Å²) in [5.41, 5.74) is 2.67. The maximum absolute atomic E-state index is 12.9. The number of methoxy groups -OCH3 is 2. The summed E-state index contributed by atoms with van der Waals surface area (Å²) in [5.74, 6) is 2.51. The number of amides is 1. The number of carbonyl (C=O) groups is 1. The molecule has 0 spiro atoms. The molecule has 2 unspecified atom stereocenters. The Bertz CT molecular complexity index is 1060. The first kappa shape index (κ1) is 20.7. The summed E-state index contributed by atoms with van der Waals surface area (Å²) < 4.78 is 13.8. The van der Waals surface area contributed by atoms with E-state index in [1.165, 1.54) is 0 Å². The van der Waals surface area contributed by atoms with Crippen molar-refractivity contribution in [1.29, 1.82) is 0 Å². The van der Waals surface area contributed by atoms with Crippen LogP contribution in [-0.2, 0) is 7.05 Å². The van der Waals surface area contributed by atoms with Crippen molar-refractivity contribution in [2.45, 2.75) is 37.6 Å². The first-order chi connectivity index (χ1) is 14.5. The third-order valence-corrected chi connectivity index (χ3v) is 6.36. The predicted molar refractivity (Wildman–Crippen MR) is 120 cm³/mol. The highest BCUT2D eigenvalue weighted by Crippen LogP contribution is 2.34. The van der Waals surface area contributed by atoms with Gasteiger partial charge < -0.3 is 19.4 Å². The molecule has 0 aliphatic heterocycles. The van der Waals surface area contributed by atoms with Gasteiger partial charge in [0.05, 0.1) is 25.3 Å². The number of imidazole rings is 1. The van der Waals surface area contributed by atoms with Crippen LogP contribution in [0.15, 0.2) is 40.9 Å². The van der Waals surface area contributed by atoms with E-state index in [4.69, 9.17) is 14.5 Å². The molecule has 1 saturated carbocycles. The van der Waals surface area contributed by atoms with Gasteiger partial charge in [-0.1, -0.05) is 22.4 Å². The van der Waals surface area contributed by atoms with Crippen LogP contribution in [-0.4, -0.2) is 35.7 Å². The zero-order valence-corrected chi connectivity index (χ0v) is 19.0. The predicted octanol–water partition coefficient (Wildman–Crippen LogP) is 4.81. The van der Waals surface area contributed by atoms with Crippen molar-refractivity contribution >= 4 is 32.9 Å². The third-order valence-electron chi connectivity index (χ3n) is 5.87. The molecule has 1 amide bonds. The maximum Gasteiger partial charge on any atom is 0.251 e. The van der Waals surface area contributed by atoms with Crippen molar-refractivity contribution in [3.63, 3.8) is 0 Å². The van der Waals surface area contributed by atoms with Crippen LogP contribution in [0.3, 0.4) is 0 Å². The van der Waals surface area contributed by atoms with E-state index in [0.29, 0.717) is 23.0 Å². The quantitative estimate of drug-likeness (QED) is 0.579. The lowest BCUT2D eigenvalue weighted by atomic mass is 9.85. The summed E-state index contributed by atoms with van der Waals surface area (Å²) in [5, 5.41) is 3.21. The Hall–Kier alpha value is -2.54. The number of rotatable bonds is 5. The van der Waals surface area contributed by atoms with Crippen molar-refractivity contribution in [1.82, 2.24) is 14.9 Å². The number of fused-ring (bicyclic) bond motifs is 1. The average Bonchev–Trinajstić information content (AvgIpc) is 3.09. The molecule has 0 bridgehead atoms. The second-order valence-corrected chi connectivity index (χ2v) is 8.71. The van der Waals surface area contributed by atoms with Gasteiger partial charge in [-0.2, -0.15) is 0 Å². The van der Waals surface area contributed by atoms with Gasteiger partial charge in [-0.15, -0.1) is 0 Å². The van der Waals surface area contributed by atoms with Crippen LogP contribution in [0, 0.1) is 0 Å². The number of aryl methyl sites for hydroxylation is 1. The zero-order chi connectivity index (χ0) is 21.3. The van der Waals surface area contributed by atoms with Gasteiger partial charge in [0.15, 0.2) is 0 Å². The number of carbonyl (C=O) groups excluding carboxylic acids is 1. The van der Waals surface area contributed by atoms with Gasteiger partial charge in [0.1, 0.15) is 17.3 Å². The number of hydrogen-bond acceptors (Lipinski definition) is 4. The molecule has 1 fully saturated rings. The Morgan fingerprint density at radius 2 is 1.87 bits per heavy atom. The van der Waals surface area contributed by atoms with E-state index in [-0.39, 0.29) is 11.9 Å². The molecule has 3 aromatic rings. The standard InChI is InChI=1S/C23H26BrN3O3/c1-27-21-12-16(24)7-8-20(21)26-22(27)14-5-4-6-17(9-14)25-23(28)15-10-18(29-2)13-19(11-15)30-3/h7-8,10-14,17H,4-6,9H2,1-3H3,(H,25,28). The molecule has 7 heteroatoms. The lowest BCUT2D eigenvalue weighted by Crippen LogP contribution is -2.38. The summed E-state index contributed by atoms with van der Waals surface area (Å²) in [6.07, 6.45) is 3.99. The van der Waals surface area contributed by atoms with Crippen molar-refractivity contribution < 1.29 is 14.3 Å². The minimum atomic E-state index is -0.105. The van der Waals surface area contributed by atoms with E-state index in [1.54, 1.807) is 32.4 Å². The van der Waals surface area contributed by atoms with Crippen molar-refractivity contribution in [3.8, 4) is 11.5 Å². The summed E-state index contributed by atoms with van der Waals surface area (Å²) in [6.45, 7) is 0. The SMILES string of the molecule is COc1cc(OC)cc(C(=O)NC2CCCC(c3nc4ccc(Br)cc4n3C)C2)c1. The highest BCUT2D eigenvalue weighted by molar-refractivity contribution is 9.10. The molecule has 1 aromatic heterocycles. The number of halogens is 1. The summed E-state index contributed by atoms with van der Waals surface area (Å²) in [7, 11) is 5.23. The molecule has 158 valence electrons. The van der Waals surface area contributed by atoms with Crippen LogP contribution in [0.25, 0.3) is 11.0 Å². The number of ether oxygens (including phenoxy) is 2. The van der Waals surface area contributed by atoms with E-state index in [9.17, 15) is 4.79 Å². The van der Waals surface area contributed by atoms with Crippen LogP contribution in [0.5, 0.6) is 11.5 Å². The van der Waals surface area contributed by atoms with Crippen molar-refractivity contribution in [3.05, 3.63) is 52.3 Å². The Kier molecular flexibility index (Phi) is 5.99. The first-order valence-electron chi connectivity index (χ1n) is 10.1. The lowest BCUT2D eigenvalue weighted by molar-refractivity contribution is 0.0924. The van der Waals surface area contributed by atoms with E-state index < -0.39 is 0 Å². The van der Waals surface area contributed by atoms with Gasteiger partial charge in [-0.3, -0.25) is 4.79 Å². The van der Waals surface area contributed by atoms with E-state index in [2.05, 4.69) is 38.9 Å². The van der Waals surface area contributed by atoms with Crippen LogP contribution in [0.4, 0.5) is 0 Å². The molecule has 2 atom stereocenters. The molecule has 4 rings (SSSR count). The molecule has 1 aliphatic rings.